The van der Waals surface area contributed by atoms with Crippen molar-refractivity contribution >= 4 is 28.6 Å². The molecule has 1 fully saturated rings. The summed E-state index contributed by atoms with van der Waals surface area (Å²) >= 11 is 6.24. The molecule has 0 bridgehead atoms. The van der Waals surface area contributed by atoms with Gasteiger partial charge in [0.15, 0.2) is 0 Å². The summed E-state index contributed by atoms with van der Waals surface area (Å²) in [6.07, 6.45) is 2.22. The summed E-state index contributed by atoms with van der Waals surface area (Å²) in [5.41, 5.74) is -0.0745. The van der Waals surface area contributed by atoms with Gasteiger partial charge in [0, 0.05) is 25.0 Å². The number of carbonyl (C=O) groups is 1. The zero-order valence-corrected chi connectivity index (χ0v) is 16.7. The van der Waals surface area contributed by atoms with Gasteiger partial charge >= 0.3 is 6.09 Å². The van der Waals surface area contributed by atoms with Crippen LogP contribution in [0.4, 0.5) is 4.79 Å². The van der Waals surface area contributed by atoms with Gasteiger partial charge in [0.25, 0.3) is 5.56 Å². The molecule has 2 aliphatic heterocycles. The number of ether oxygens (including phenoxy) is 1. The van der Waals surface area contributed by atoms with E-state index in [4.69, 9.17) is 16.3 Å². The van der Waals surface area contributed by atoms with Crippen LogP contribution in [-0.4, -0.2) is 39.2 Å². The summed E-state index contributed by atoms with van der Waals surface area (Å²) in [5.74, 6) is 0.839. The van der Waals surface area contributed by atoms with Gasteiger partial charge in [0.2, 0.25) is 0 Å². The number of piperidine rings is 1. The molecular weight excluding hydrogens is 366 g/mol. The van der Waals surface area contributed by atoms with Crippen LogP contribution >= 0.6 is 11.6 Å². The molecule has 1 amide bonds. The van der Waals surface area contributed by atoms with Crippen LogP contribution in [0.25, 0.3) is 10.9 Å². The van der Waals surface area contributed by atoms with E-state index < -0.39 is 5.60 Å². The van der Waals surface area contributed by atoms with E-state index in [1.807, 2.05) is 32.9 Å². The van der Waals surface area contributed by atoms with Crippen LogP contribution in [0.15, 0.2) is 23.0 Å². The highest BCUT2D eigenvalue weighted by Crippen LogP contribution is 2.43. The zero-order valence-electron chi connectivity index (χ0n) is 15.9. The number of nitrogens with zero attached hydrogens (tertiary/aromatic N) is 3. The Morgan fingerprint density at radius 3 is 2.52 bits per heavy atom. The minimum atomic E-state index is -0.501. The van der Waals surface area contributed by atoms with Gasteiger partial charge in [-0.1, -0.05) is 17.7 Å². The quantitative estimate of drug-likeness (QED) is 0.688. The van der Waals surface area contributed by atoms with Gasteiger partial charge in [0.05, 0.1) is 15.9 Å². The third kappa shape index (κ3) is 3.10. The number of aromatic nitrogens is 2. The second-order valence-electron chi connectivity index (χ2n) is 8.52. The summed E-state index contributed by atoms with van der Waals surface area (Å²) in [6.45, 7) is 7.64. The summed E-state index contributed by atoms with van der Waals surface area (Å²) in [7, 11) is 0. The number of likely N-dealkylation sites (tertiary alicyclic amines) is 1. The summed E-state index contributed by atoms with van der Waals surface area (Å²) in [5, 5.41) is 0.937. The van der Waals surface area contributed by atoms with Crippen molar-refractivity contribution in [2.45, 2.75) is 57.6 Å². The van der Waals surface area contributed by atoms with Crippen molar-refractivity contribution in [2.24, 2.45) is 0 Å². The molecule has 2 aromatic rings. The van der Waals surface area contributed by atoms with E-state index in [0.29, 0.717) is 23.5 Å². The normalized spacial score (nSPS) is 18.7. The van der Waals surface area contributed by atoms with E-state index in [1.54, 1.807) is 11.0 Å². The lowest BCUT2D eigenvalue weighted by Gasteiger charge is -2.39. The maximum atomic E-state index is 12.6. The highest BCUT2D eigenvalue weighted by Gasteiger charge is 2.45. The number of carbonyl (C=O) groups excluding carboxylic acids is 1. The first-order valence-corrected chi connectivity index (χ1v) is 9.75. The van der Waals surface area contributed by atoms with Crippen molar-refractivity contribution in [3.05, 3.63) is 39.4 Å². The highest BCUT2D eigenvalue weighted by atomic mass is 35.5. The third-order valence-corrected chi connectivity index (χ3v) is 5.93. The maximum absolute atomic E-state index is 12.6. The highest BCUT2D eigenvalue weighted by molar-refractivity contribution is 6.35. The smallest absolute Gasteiger partial charge is 0.410 e. The number of benzene rings is 1. The number of rotatable bonds is 0. The molecule has 0 N–H and O–H groups in total. The van der Waals surface area contributed by atoms with E-state index in [9.17, 15) is 9.59 Å². The lowest BCUT2D eigenvalue weighted by Crippen LogP contribution is -2.46. The van der Waals surface area contributed by atoms with Crippen LogP contribution in [-0.2, 0) is 16.7 Å². The number of fused-ring (bicyclic) bond motifs is 4. The second kappa shape index (κ2) is 6.23. The van der Waals surface area contributed by atoms with E-state index in [1.165, 1.54) is 0 Å². The Morgan fingerprint density at radius 1 is 1.19 bits per heavy atom. The van der Waals surface area contributed by atoms with Gasteiger partial charge < -0.3 is 14.2 Å². The van der Waals surface area contributed by atoms with Crippen molar-refractivity contribution < 1.29 is 9.53 Å². The molecular formula is C20H24ClN3O3. The average molecular weight is 390 g/mol. The molecule has 144 valence electrons. The largest absolute Gasteiger partial charge is 0.444 e. The molecule has 4 rings (SSSR count). The van der Waals surface area contributed by atoms with Crippen LogP contribution in [0.5, 0.6) is 0 Å². The number of hydrogen-bond acceptors (Lipinski definition) is 4. The molecule has 0 atom stereocenters. The van der Waals surface area contributed by atoms with Crippen LogP contribution in [0.2, 0.25) is 5.02 Å². The first-order valence-electron chi connectivity index (χ1n) is 9.38. The van der Waals surface area contributed by atoms with Gasteiger partial charge in [0.1, 0.15) is 11.4 Å². The summed E-state index contributed by atoms with van der Waals surface area (Å²) in [6, 6.07) is 5.53. The SMILES string of the molecule is CC(C)(C)OC(=O)N1CCC2(CC1)CCn1c2nc(=O)c2c(Cl)cccc21. The third-order valence-electron chi connectivity index (χ3n) is 5.62. The van der Waals surface area contributed by atoms with Crippen molar-refractivity contribution in [3.8, 4) is 0 Å². The topological polar surface area (TPSA) is 64.4 Å². The van der Waals surface area contributed by atoms with Crippen LogP contribution in [0, 0.1) is 0 Å². The van der Waals surface area contributed by atoms with E-state index in [-0.39, 0.29) is 17.1 Å². The Kier molecular flexibility index (Phi) is 4.22. The van der Waals surface area contributed by atoms with Gasteiger partial charge in [-0.3, -0.25) is 4.79 Å². The number of aryl methyl sites for hydroxylation is 1. The van der Waals surface area contributed by atoms with Crippen molar-refractivity contribution in [1.29, 1.82) is 0 Å². The van der Waals surface area contributed by atoms with Crippen LogP contribution in [0.1, 0.15) is 45.9 Å². The molecule has 0 radical (unpaired) electrons. The van der Waals surface area contributed by atoms with E-state index in [2.05, 4.69) is 9.55 Å². The van der Waals surface area contributed by atoms with Gasteiger partial charge in [-0.15, -0.1) is 0 Å². The average Bonchev–Trinajstić information content (AvgIpc) is 2.92. The molecule has 7 heteroatoms. The Balaban J connectivity index is 1.63. The molecule has 0 unspecified atom stereocenters. The van der Waals surface area contributed by atoms with Gasteiger partial charge in [-0.2, -0.15) is 4.98 Å². The molecule has 2 aliphatic rings. The van der Waals surface area contributed by atoms with Gasteiger partial charge in [-0.05, 0) is 52.2 Å². The first-order chi connectivity index (χ1) is 12.7. The lowest BCUT2D eigenvalue weighted by molar-refractivity contribution is 0.0162. The van der Waals surface area contributed by atoms with E-state index >= 15 is 0 Å². The Bertz CT molecular complexity index is 969. The predicted molar refractivity (Wildman–Crippen MR) is 104 cm³/mol. The molecule has 1 saturated heterocycles. The summed E-state index contributed by atoms with van der Waals surface area (Å²) in [4.78, 5) is 31.2. The molecule has 6 nitrogen and oxygen atoms in total. The molecule has 0 saturated carbocycles. The second-order valence-corrected chi connectivity index (χ2v) is 8.93. The summed E-state index contributed by atoms with van der Waals surface area (Å²) < 4.78 is 7.62. The molecule has 1 spiro atoms. The standard InChI is InChI=1S/C20H24ClN3O3/c1-19(2,3)27-18(26)23-10-7-20(8-11-23)9-12-24-14-6-4-5-13(21)15(14)16(25)22-17(20)24/h4-6H,7-12H2,1-3H3. The van der Waals surface area contributed by atoms with Gasteiger partial charge in [-0.25, -0.2) is 4.79 Å². The fourth-order valence-electron chi connectivity index (χ4n) is 4.26. The fourth-order valence-corrected chi connectivity index (χ4v) is 4.51. The predicted octanol–water partition coefficient (Wildman–Crippen LogP) is 3.72. The molecule has 1 aromatic carbocycles. The molecule has 0 aliphatic carbocycles. The number of hydrogen-bond donors (Lipinski definition) is 0. The number of halogens is 1. The minimum Gasteiger partial charge on any atom is -0.444 e. The Labute approximate surface area is 163 Å². The Morgan fingerprint density at radius 2 is 1.85 bits per heavy atom. The lowest BCUT2D eigenvalue weighted by atomic mass is 9.76. The molecule has 1 aromatic heterocycles. The molecule has 27 heavy (non-hydrogen) atoms. The van der Waals surface area contributed by atoms with Crippen LogP contribution in [0.3, 0.4) is 0 Å². The van der Waals surface area contributed by atoms with Crippen molar-refractivity contribution in [1.82, 2.24) is 14.5 Å². The number of amides is 1. The van der Waals surface area contributed by atoms with Crippen LogP contribution < -0.4 is 5.56 Å². The van der Waals surface area contributed by atoms with Crippen molar-refractivity contribution in [2.75, 3.05) is 13.1 Å². The fraction of sp³-hybridized carbons (Fsp3) is 0.550. The van der Waals surface area contributed by atoms with E-state index in [0.717, 1.165) is 37.1 Å². The minimum absolute atomic E-state index is 0.159. The first kappa shape index (κ1) is 18.3. The maximum Gasteiger partial charge on any atom is 0.410 e. The monoisotopic (exact) mass is 389 g/mol. The Hall–Kier alpha value is -2.08. The zero-order chi connectivity index (χ0) is 19.4. The molecule has 3 heterocycles. The van der Waals surface area contributed by atoms with Crippen molar-refractivity contribution in [3.63, 3.8) is 0 Å².